The Morgan fingerprint density at radius 1 is 1.06 bits per heavy atom. The van der Waals surface area contributed by atoms with E-state index >= 15 is 0 Å². The molecule has 0 amide bonds. The molecule has 0 saturated heterocycles. The number of hydrogen-bond acceptors (Lipinski definition) is 6. The fourth-order valence-electron chi connectivity index (χ4n) is 3.70. The Kier molecular flexibility index (Phi) is 6.08. The summed E-state index contributed by atoms with van der Waals surface area (Å²) in [5.74, 6) is -1.49. The zero-order chi connectivity index (χ0) is 24.5. The lowest BCUT2D eigenvalue weighted by Gasteiger charge is -2.24. The largest absolute Gasteiger partial charge is 0.475 e. The third-order valence-corrected chi connectivity index (χ3v) is 7.31. The van der Waals surface area contributed by atoms with E-state index in [1.807, 2.05) is 30.3 Å². The second-order valence-corrected chi connectivity index (χ2v) is 9.47. The average molecular weight is 480 g/mol. The predicted molar refractivity (Wildman–Crippen MR) is 126 cm³/mol. The van der Waals surface area contributed by atoms with Crippen LogP contribution >= 0.6 is 0 Å². The van der Waals surface area contributed by atoms with Gasteiger partial charge in [-0.15, -0.1) is 0 Å². The molecule has 0 radical (unpaired) electrons. The molecule has 0 aliphatic carbocycles. The molecule has 0 saturated carbocycles. The van der Waals surface area contributed by atoms with E-state index in [9.17, 15) is 28.4 Å². The number of nitro groups is 1. The second-order valence-electron chi connectivity index (χ2n) is 7.61. The highest BCUT2D eigenvalue weighted by molar-refractivity contribution is 7.92. The van der Waals surface area contributed by atoms with Crippen molar-refractivity contribution in [3.05, 3.63) is 99.8 Å². The Labute approximate surface area is 195 Å². The Balaban J connectivity index is 1.77. The molecule has 1 heterocycles. The van der Waals surface area contributed by atoms with Gasteiger partial charge in [-0.3, -0.25) is 14.4 Å². The van der Waals surface area contributed by atoms with Gasteiger partial charge in [0.25, 0.3) is 15.7 Å². The summed E-state index contributed by atoms with van der Waals surface area (Å²) in [4.78, 5) is 21.8. The highest BCUT2D eigenvalue weighted by atomic mass is 32.2. The molecule has 3 aromatic carbocycles. The van der Waals surface area contributed by atoms with E-state index in [0.29, 0.717) is 17.4 Å². The number of carboxylic acids is 1. The molecule has 10 heteroatoms. The first kappa shape index (κ1) is 23.0. The molecule has 0 atom stereocenters. The van der Waals surface area contributed by atoms with Crippen LogP contribution in [0, 0.1) is 17.0 Å². The van der Waals surface area contributed by atoms with Gasteiger partial charge in [-0.25, -0.2) is 13.2 Å². The summed E-state index contributed by atoms with van der Waals surface area (Å²) < 4.78 is 34.0. The van der Waals surface area contributed by atoms with Crippen LogP contribution in [-0.2, 0) is 16.4 Å². The minimum atomic E-state index is -4.10. The fourth-order valence-corrected chi connectivity index (χ4v) is 5.19. The number of non-ortho nitro benzene ring substituents is 1. The van der Waals surface area contributed by atoms with Gasteiger partial charge >= 0.3 is 5.97 Å². The molecule has 0 aliphatic heterocycles. The molecule has 1 aromatic heterocycles. The van der Waals surface area contributed by atoms with Crippen LogP contribution in [-0.4, -0.2) is 31.0 Å². The molecule has 34 heavy (non-hydrogen) atoms. The zero-order valence-corrected chi connectivity index (χ0v) is 18.9. The van der Waals surface area contributed by atoms with Crippen molar-refractivity contribution in [1.29, 1.82) is 0 Å². The molecule has 0 bridgehead atoms. The number of sulfonamides is 1. The van der Waals surface area contributed by atoms with E-state index < -0.39 is 20.9 Å². The van der Waals surface area contributed by atoms with Crippen molar-refractivity contribution in [3.8, 4) is 0 Å². The molecule has 1 N–H and O–H groups in total. The van der Waals surface area contributed by atoms with E-state index in [4.69, 9.17) is 4.42 Å². The quantitative estimate of drug-likeness (QED) is 0.283. The number of fused-ring (bicyclic) bond motifs is 1. The van der Waals surface area contributed by atoms with Crippen LogP contribution in [0.3, 0.4) is 0 Å². The van der Waals surface area contributed by atoms with Crippen LogP contribution in [0.1, 0.15) is 21.7 Å². The third kappa shape index (κ3) is 4.35. The number of furan rings is 1. The lowest BCUT2D eigenvalue weighted by molar-refractivity contribution is -0.384. The first-order valence-electron chi connectivity index (χ1n) is 10.3. The number of carbonyl (C=O) groups is 1. The van der Waals surface area contributed by atoms with Gasteiger partial charge in [0.05, 0.1) is 15.5 Å². The van der Waals surface area contributed by atoms with Gasteiger partial charge in [-0.1, -0.05) is 30.3 Å². The highest BCUT2D eigenvalue weighted by Crippen LogP contribution is 2.31. The van der Waals surface area contributed by atoms with Gasteiger partial charge in [0, 0.05) is 29.6 Å². The second kappa shape index (κ2) is 8.99. The number of nitro benzene ring substituents is 1. The minimum absolute atomic E-state index is 0.0488. The lowest BCUT2D eigenvalue weighted by atomic mass is 10.1. The number of anilines is 1. The summed E-state index contributed by atoms with van der Waals surface area (Å²) in [5.41, 5.74) is 1.64. The van der Waals surface area contributed by atoms with Crippen molar-refractivity contribution in [3.63, 3.8) is 0 Å². The average Bonchev–Trinajstić information content (AvgIpc) is 3.16. The summed E-state index contributed by atoms with van der Waals surface area (Å²) >= 11 is 0. The predicted octanol–water partition coefficient (Wildman–Crippen LogP) is 4.79. The Hall–Kier alpha value is -4.18. The van der Waals surface area contributed by atoms with Crippen LogP contribution in [0.25, 0.3) is 11.0 Å². The minimum Gasteiger partial charge on any atom is -0.475 e. The summed E-state index contributed by atoms with van der Waals surface area (Å²) in [6, 6.07) is 18.8. The summed E-state index contributed by atoms with van der Waals surface area (Å²) in [7, 11) is -4.10. The number of carboxylic acid groups (broad SMARTS) is 1. The van der Waals surface area contributed by atoms with Gasteiger partial charge in [0.2, 0.25) is 5.76 Å². The summed E-state index contributed by atoms with van der Waals surface area (Å²) in [5, 5.41) is 20.7. The third-order valence-electron chi connectivity index (χ3n) is 5.48. The molecule has 0 unspecified atom stereocenters. The van der Waals surface area contributed by atoms with Gasteiger partial charge in [0.1, 0.15) is 5.58 Å². The van der Waals surface area contributed by atoms with E-state index in [1.54, 1.807) is 6.92 Å². The van der Waals surface area contributed by atoms with E-state index in [-0.39, 0.29) is 34.2 Å². The van der Waals surface area contributed by atoms with Crippen molar-refractivity contribution in [2.75, 3.05) is 10.8 Å². The lowest BCUT2D eigenvalue weighted by Crippen LogP contribution is -2.33. The van der Waals surface area contributed by atoms with E-state index in [0.717, 1.165) is 5.56 Å². The first-order chi connectivity index (χ1) is 16.2. The first-order valence-corrected chi connectivity index (χ1v) is 11.7. The van der Waals surface area contributed by atoms with Gasteiger partial charge in [-0.2, -0.15) is 0 Å². The summed E-state index contributed by atoms with van der Waals surface area (Å²) in [6.07, 6.45) is 0.410. The van der Waals surface area contributed by atoms with Gasteiger partial charge in [0.15, 0.2) is 0 Å². The van der Waals surface area contributed by atoms with Gasteiger partial charge < -0.3 is 9.52 Å². The Morgan fingerprint density at radius 2 is 1.74 bits per heavy atom. The molecule has 174 valence electrons. The number of nitrogens with zero attached hydrogens (tertiary/aromatic N) is 2. The standard InChI is InChI=1S/C24H20N2O7S/c1-16-21-15-20(11-12-22(21)33-23(16)24(27)28)34(31,32)25(14-13-17-5-3-2-4-6-17)18-7-9-19(10-8-18)26(29)30/h2-12,15H,13-14H2,1H3,(H,27,28). The SMILES string of the molecule is Cc1c(C(=O)O)oc2ccc(S(=O)(=O)N(CCc3ccccc3)c3ccc([N+](=O)[O-])cc3)cc12. The van der Waals surface area contributed by atoms with E-state index in [1.165, 1.54) is 46.8 Å². The maximum absolute atomic E-state index is 13.7. The molecular weight excluding hydrogens is 460 g/mol. The Bertz CT molecular complexity index is 1480. The molecular formula is C24H20N2O7S. The smallest absolute Gasteiger partial charge is 0.372 e. The molecule has 9 nitrogen and oxygen atoms in total. The monoisotopic (exact) mass is 480 g/mol. The van der Waals surface area contributed by atoms with Crippen molar-refractivity contribution in [2.24, 2.45) is 0 Å². The number of aromatic carboxylic acids is 1. The number of hydrogen-bond donors (Lipinski definition) is 1. The van der Waals surface area contributed by atoms with Crippen LogP contribution in [0.2, 0.25) is 0 Å². The normalized spacial score (nSPS) is 11.4. The molecule has 4 aromatic rings. The zero-order valence-electron chi connectivity index (χ0n) is 18.0. The summed E-state index contributed by atoms with van der Waals surface area (Å²) in [6.45, 7) is 1.64. The van der Waals surface area contributed by atoms with Crippen molar-refractivity contribution >= 4 is 38.3 Å². The molecule has 0 spiro atoms. The van der Waals surface area contributed by atoms with Crippen molar-refractivity contribution in [1.82, 2.24) is 0 Å². The van der Waals surface area contributed by atoms with Crippen LogP contribution in [0.15, 0.2) is 82.1 Å². The molecule has 4 rings (SSSR count). The highest BCUT2D eigenvalue weighted by Gasteiger charge is 2.27. The van der Waals surface area contributed by atoms with Crippen molar-refractivity contribution in [2.45, 2.75) is 18.2 Å². The molecule has 0 fully saturated rings. The van der Waals surface area contributed by atoms with Crippen LogP contribution < -0.4 is 4.31 Å². The van der Waals surface area contributed by atoms with Crippen LogP contribution in [0.4, 0.5) is 11.4 Å². The maximum atomic E-state index is 13.7. The van der Waals surface area contributed by atoms with Crippen molar-refractivity contribution < 1.29 is 27.7 Å². The topological polar surface area (TPSA) is 131 Å². The van der Waals surface area contributed by atoms with Crippen LogP contribution in [0.5, 0.6) is 0 Å². The fraction of sp³-hybridized carbons (Fsp3) is 0.125. The van der Waals surface area contributed by atoms with Gasteiger partial charge in [-0.05, 0) is 49.2 Å². The maximum Gasteiger partial charge on any atom is 0.372 e. The number of aryl methyl sites for hydroxylation is 1. The Morgan fingerprint density at radius 3 is 2.35 bits per heavy atom. The number of rotatable bonds is 8. The molecule has 0 aliphatic rings. The van der Waals surface area contributed by atoms with E-state index in [2.05, 4.69) is 0 Å². The number of benzene rings is 3.